The smallest absolute Gasteiger partial charge is 0.412 e. The van der Waals surface area contributed by atoms with Gasteiger partial charge in [-0.2, -0.15) is 0 Å². The summed E-state index contributed by atoms with van der Waals surface area (Å²) < 4.78 is 0. The van der Waals surface area contributed by atoms with Crippen LogP contribution in [0.3, 0.4) is 0 Å². The Morgan fingerprint density at radius 3 is 2.14 bits per heavy atom. The van der Waals surface area contributed by atoms with Crippen LogP contribution in [-0.2, 0) is 6.42 Å². The molecule has 9 nitrogen and oxygen atoms in total. The van der Waals surface area contributed by atoms with Crippen molar-refractivity contribution in [1.29, 1.82) is 0 Å². The summed E-state index contributed by atoms with van der Waals surface area (Å²) in [7, 11) is 3.73. The second-order valence-electron chi connectivity index (χ2n) is 12.7. The number of amides is 3. The number of fused-ring (bicyclic) bond motifs is 6. The van der Waals surface area contributed by atoms with Crippen LogP contribution < -0.4 is 14.7 Å². The molecule has 0 aliphatic carbocycles. The molecule has 0 bridgehead atoms. The maximum absolute atomic E-state index is 14.1. The fourth-order valence-corrected chi connectivity index (χ4v) is 8.71. The Morgan fingerprint density at radius 1 is 0.878 bits per heavy atom. The summed E-state index contributed by atoms with van der Waals surface area (Å²) in [6.45, 7) is 1.19. The molecule has 2 aliphatic heterocycles. The number of phenols is 1. The Bertz CT molecular complexity index is 2140. The molecule has 252 valence electrons. The van der Waals surface area contributed by atoms with Gasteiger partial charge in [0.1, 0.15) is 5.75 Å². The van der Waals surface area contributed by atoms with E-state index in [9.17, 15) is 24.6 Å². The molecule has 3 amide bonds. The number of thiophene rings is 1. The highest BCUT2D eigenvalue weighted by molar-refractivity contribution is 7.16. The third-order valence-electron chi connectivity index (χ3n) is 9.42. The normalized spacial score (nSPS) is 16.0. The lowest BCUT2D eigenvalue weighted by atomic mass is 9.95. The number of likely N-dealkylation sites (N-methyl/N-ethyl adjacent to an activating group) is 1. The second-order valence-corrected chi connectivity index (χ2v) is 14.4. The first-order chi connectivity index (χ1) is 23.6. The van der Waals surface area contributed by atoms with Crippen LogP contribution in [0.5, 0.6) is 5.75 Å². The molecular weight excluding hydrogens is 683 g/mol. The van der Waals surface area contributed by atoms with Crippen LogP contribution in [0.2, 0.25) is 0 Å². The number of phenolic OH excluding ortho intramolecular Hbond substituents is 1. The van der Waals surface area contributed by atoms with Crippen LogP contribution in [0, 0.1) is 0 Å². The number of aromatic hydroxyl groups is 1. The monoisotopic (exact) mass is 716 g/mol. The van der Waals surface area contributed by atoms with Gasteiger partial charge in [0.25, 0.3) is 11.8 Å². The van der Waals surface area contributed by atoms with E-state index in [2.05, 4.69) is 0 Å². The quantitative estimate of drug-likeness (QED) is 0.160. The summed E-state index contributed by atoms with van der Waals surface area (Å²) in [6, 6.07) is 21.4. The standard InChI is InChI=1S/C37H34Cl2N4O5S/c1-40(2)20-22(18-39)43(37(47)48)29-15-28-25(23-7-3-4-8-24(23)29)13-14-41(28)35(45)32-11-12-33(49-32)36(46)42-19-21(17-38)34-27-10-6-5-9-26(27)31(44)16-30(34)42/h3-12,15-16,21-22,44H,13-14,17-20H2,1-2H3,(H,47,48)/t21-,22-/m1/s1. The Hall–Kier alpha value is -4.35. The van der Waals surface area contributed by atoms with Gasteiger partial charge in [-0.25, -0.2) is 4.79 Å². The maximum atomic E-state index is 14.1. The number of nitrogens with zero attached hydrogens (tertiary/aromatic N) is 4. The Morgan fingerprint density at radius 2 is 1.51 bits per heavy atom. The number of alkyl halides is 2. The third kappa shape index (κ3) is 5.66. The minimum atomic E-state index is -1.13. The molecule has 7 rings (SSSR count). The van der Waals surface area contributed by atoms with Gasteiger partial charge in [-0.05, 0) is 60.6 Å². The van der Waals surface area contributed by atoms with Crippen LogP contribution in [0.4, 0.5) is 21.9 Å². The fraction of sp³-hybridized carbons (Fsp3) is 0.270. The highest BCUT2D eigenvalue weighted by Gasteiger charge is 2.37. The highest BCUT2D eigenvalue weighted by atomic mass is 35.5. The van der Waals surface area contributed by atoms with E-state index < -0.39 is 12.1 Å². The predicted octanol–water partition coefficient (Wildman–Crippen LogP) is 7.60. The first-order valence-electron chi connectivity index (χ1n) is 15.9. The lowest BCUT2D eigenvalue weighted by Crippen LogP contribution is -2.46. The van der Waals surface area contributed by atoms with E-state index in [0.29, 0.717) is 64.1 Å². The van der Waals surface area contributed by atoms with Crippen molar-refractivity contribution in [2.45, 2.75) is 18.4 Å². The van der Waals surface area contributed by atoms with Crippen LogP contribution >= 0.6 is 34.5 Å². The zero-order valence-corrected chi connectivity index (χ0v) is 29.2. The Kier molecular flexibility index (Phi) is 8.91. The Balaban J connectivity index is 1.23. The van der Waals surface area contributed by atoms with Gasteiger partial charge in [-0.15, -0.1) is 34.5 Å². The van der Waals surface area contributed by atoms with Crippen molar-refractivity contribution >= 4 is 91.1 Å². The molecule has 5 aromatic rings. The van der Waals surface area contributed by atoms with Crippen molar-refractivity contribution in [3.05, 3.63) is 93.7 Å². The van der Waals surface area contributed by atoms with Gasteiger partial charge in [-0.1, -0.05) is 48.5 Å². The van der Waals surface area contributed by atoms with E-state index in [4.69, 9.17) is 23.2 Å². The predicted molar refractivity (Wildman–Crippen MR) is 198 cm³/mol. The molecule has 2 N–H and O–H groups in total. The molecule has 0 spiro atoms. The van der Waals surface area contributed by atoms with E-state index in [1.165, 1.54) is 4.90 Å². The average Bonchev–Trinajstić information content (AvgIpc) is 3.85. The summed E-state index contributed by atoms with van der Waals surface area (Å²) in [5.74, 6) is -0.161. The molecule has 0 fully saturated rings. The molecule has 0 unspecified atom stereocenters. The summed E-state index contributed by atoms with van der Waals surface area (Å²) >= 11 is 13.8. The van der Waals surface area contributed by atoms with Crippen molar-refractivity contribution in [3.63, 3.8) is 0 Å². The van der Waals surface area contributed by atoms with Crippen molar-refractivity contribution in [2.24, 2.45) is 0 Å². The molecular formula is C37H34Cl2N4O5S. The maximum Gasteiger partial charge on any atom is 0.412 e. The van der Waals surface area contributed by atoms with E-state index >= 15 is 0 Å². The number of rotatable bonds is 8. The van der Waals surface area contributed by atoms with Crippen molar-refractivity contribution in [1.82, 2.24) is 4.90 Å². The van der Waals surface area contributed by atoms with Crippen LogP contribution in [0.25, 0.3) is 21.5 Å². The molecule has 1 aromatic heterocycles. The van der Waals surface area contributed by atoms with Gasteiger partial charge in [0.05, 0.1) is 27.2 Å². The molecule has 12 heteroatoms. The second kappa shape index (κ2) is 13.2. The van der Waals surface area contributed by atoms with Crippen LogP contribution in [0.15, 0.2) is 72.8 Å². The van der Waals surface area contributed by atoms with E-state index in [-0.39, 0.29) is 29.4 Å². The number of halogens is 2. The van der Waals surface area contributed by atoms with Crippen LogP contribution in [0.1, 0.15) is 36.4 Å². The lowest BCUT2D eigenvalue weighted by Gasteiger charge is -2.32. The van der Waals surface area contributed by atoms with Gasteiger partial charge in [0.2, 0.25) is 0 Å². The molecule has 2 atom stereocenters. The number of anilines is 3. The minimum Gasteiger partial charge on any atom is -0.507 e. The topological polar surface area (TPSA) is 105 Å². The molecule has 0 radical (unpaired) electrons. The summed E-state index contributed by atoms with van der Waals surface area (Å²) in [4.78, 5) is 48.2. The number of hydrogen-bond acceptors (Lipinski definition) is 6. The number of carboxylic acid groups (broad SMARTS) is 1. The zero-order valence-electron chi connectivity index (χ0n) is 26.9. The average molecular weight is 718 g/mol. The van der Waals surface area contributed by atoms with Crippen molar-refractivity contribution in [3.8, 4) is 5.75 Å². The SMILES string of the molecule is CN(C)C[C@@H](CCl)N(C(=O)O)c1cc2c(c3ccccc13)CCN2C(=O)c1ccc(C(=O)N2C[C@@H](CCl)c3c2cc(O)c2ccccc32)s1. The summed E-state index contributed by atoms with van der Waals surface area (Å²) in [6.07, 6.45) is -0.527. The highest BCUT2D eigenvalue weighted by Crippen LogP contribution is 2.46. The molecule has 4 aromatic carbocycles. The van der Waals surface area contributed by atoms with Gasteiger partial charge >= 0.3 is 6.09 Å². The summed E-state index contributed by atoms with van der Waals surface area (Å²) in [5.41, 5.74) is 3.62. The Labute approximate surface area is 297 Å². The van der Waals surface area contributed by atoms with Crippen molar-refractivity contribution in [2.75, 3.05) is 60.2 Å². The van der Waals surface area contributed by atoms with Crippen LogP contribution in [-0.4, -0.2) is 84.6 Å². The number of hydrogen-bond donors (Lipinski definition) is 2. The first-order valence-corrected chi connectivity index (χ1v) is 17.8. The van der Waals surface area contributed by atoms with Gasteiger partial charge < -0.3 is 24.9 Å². The van der Waals surface area contributed by atoms with E-state index in [0.717, 1.165) is 38.6 Å². The molecule has 49 heavy (non-hydrogen) atoms. The number of benzene rings is 4. The van der Waals surface area contributed by atoms with Crippen molar-refractivity contribution < 1.29 is 24.6 Å². The van der Waals surface area contributed by atoms with Gasteiger partial charge in [0.15, 0.2) is 0 Å². The lowest BCUT2D eigenvalue weighted by molar-refractivity contribution is 0.0986. The fourth-order valence-electron chi connectivity index (χ4n) is 7.32. The van der Waals surface area contributed by atoms with Gasteiger partial charge in [0, 0.05) is 59.8 Å². The molecule has 0 saturated carbocycles. The summed E-state index contributed by atoms with van der Waals surface area (Å²) in [5, 5.41) is 24.5. The van der Waals surface area contributed by atoms with E-state index in [1.807, 2.05) is 67.5 Å². The number of carbonyl (C=O) groups is 3. The van der Waals surface area contributed by atoms with E-state index in [1.54, 1.807) is 34.1 Å². The molecule has 3 heterocycles. The number of carbonyl (C=O) groups excluding carboxylic acids is 2. The third-order valence-corrected chi connectivity index (χ3v) is 11.2. The first kappa shape index (κ1) is 33.2. The zero-order chi connectivity index (χ0) is 34.6. The molecule has 2 aliphatic rings. The van der Waals surface area contributed by atoms with Gasteiger partial charge in [-0.3, -0.25) is 14.5 Å². The minimum absolute atomic E-state index is 0.0876. The molecule has 0 saturated heterocycles. The largest absolute Gasteiger partial charge is 0.507 e.